The number of hydrogen-bond donors (Lipinski definition) is 1. The second kappa shape index (κ2) is 4.98. The van der Waals surface area contributed by atoms with Gasteiger partial charge in [-0.1, -0.05) is 24.6 Å². The largest absolute Gasteiger partial charge is 0.481 e. The fourth-order valence-electron chi connectivity index (χ4n) is 1.20. The van der Waals surface area contributed by atoms with E-state index in [1.165, 1.54) is 7.11 Å². The molecular formula is C10H12ClNO3. The Balaban J connectivity index is 2.89. The van der Waals surface area contributed by atoms with E-state index in [9.17, 15) is 4.79 Å². The lowest BCUT2D eigenvalue weighted by Gasteiger charge is -2.09. The van der Waals surface area contributed by atoms with Crippen molar-refractivity contribution in [2.45, 2.75) is 13.3 Å². The molecule has 1 aromatic heterocycles. The summed E-state index contributed by atoms with van der Waals surface area (Å²) >= 11 is 5.69. The average Bonchev–Trinajstić information content (AvgIpc) is 2.20. The standard InChI is InChI=1S/C10H12ClNO3/c1-6(10(13)14)5-7-3-4-8(11)12-9(7)15-2/h3-4,6H,5H2,1-2H3,(H,13,14). The van der Waals surface area contributed by atoms with Crippen LogP contribution in [-0.2, 0) is 11.2 Å². The summed E-state index contributed by atoms with van der Waals surface area (Å²) in [4.78, 5) is 14.6. The third-order valence-electron chi connectivity index (χ3n) is 2.05. The molecular weight excluding hydrogens is 218 g/mol. The number of aliphatic carboxylic acids is 1. The highest BCUT2D eigenvalue weighted by atomic mass is 35.5. The molecule has 0 aromatic carbocycles. The minimum atomic E-state index is -0.841. The molecule has 1 N–H and O–H groups in total. The zero-order valence-corrected chi connectivity index (χ0v) is 9.28. The zero-order valence-electron chi connectivity index (χ0n) is 8.53. The van der Waals surface area contributed by atoms with Crippen molar-refractivity contribution in [1.29, 1.82) is 0 Å². The van der Waals surface area contributed by atoms with E-state index >= 15 is 0 Å². The predicted octanol–water partition coefficient (Wildman–Crippen LogP) is 2.01. The molecule has 0 aliphatic carbocycles. The predicted molar refractivity (Wildman–Crippen MR) is 56.3 cm³/mol. The summed E-state index contributed by atoms with van der Waals surface area (Å²) in [6.07, 6.45) is 0.378. The van der Waals surface area contributed by atoms with Crippen molar-refractivity contribution in [3.05, 3.63) is 22.8 Å². The number of rotatable bonds is 4. The third kappa shape index (κ3) is 3.09. The number of carbonyl (C=O) groups is 1. The summed E-state index contributed by atoms with van der Waals surface area (Å²) in [5, 5.41) is 9.11. The van der Waals surface area contributed by atoms with Gasteiger partial charge in [-0.2, -0.15) is 0 Å². The first-order valence-electron chi connectivity index (χ1n) is 4.46. The van der Waals surface area contributed by atoms with E-state index in [0.717, 1.165) is 5.56 Å². The normalized spacial score (nSPS) is 12.2. The monoisotopic (exact) mass is 229 g/mol. The van der Waals surface area contributed by atoms with Crippen LogP contribution in [0.25, 0.3) is 0 Å². The van der Waals surface area contributed by atoms with Crippen LogP contribution in [0.4, 0.5) is 0 Å². The molecule has 1 heterocycles. The Morgan fingerprint density at radius 1 is 1.67 bits per heavy atom. The SMILES string of the molecule is COc1nc(Cl)ccc1CC(C)C(=O)O. The van der Waals surface area contributed by atoms with E-state index in [1.807, 2.05) is 0 Å². The van der Waals surface area contributed by atoms with Gasteiger partial charge in [0, 0.05) is 5.56 Å². The topological polar surface area (TPSA) is 59.4 Å². The molecule has 82 valence electrons. The fourth-order valence-corrected chi connectivity index (χ4v) is 1.34. The number of ether oxygens (including phenoxy) is 1. The van der Waals surface area contributed by atoms with Crippen molar-refractivity contribution in [3.63, 3.8) is 0 Å². The van der Waals surface area contributed by atoms with Gasteiger partial charge in [-0.25, -0.2) is 4.98 Å². The quantitative estimate of drug-likeness (QED) is 0.803. The molecule has 1 unspecified atom stereocenters. The van der Waals surface area contributed by atoms with Gasteiger partial charge in [0.05, 0.1) is 13.0 Å². The highest BCUT2D eigenvalue weighted by molar-refractivity contribution is 6.29. The van der Waals surface area contributed by atoms with Crippen molar-refractivity contribution in [1.82, 2.24) is 4.98 Å². The van der Waals surface area contributed by atoms with Gasteiger partial charge >= 0.3 is 5.97 Å². The van der Waals surface area contributed by atoms with E-state index in [-0.39, 0.29) is 0 Å². The van der Waals surface area contributed by atoms with Gasteiger partial charge in [0.15, 0.2) is 0 Å². The molecule has 0 saturated carbocycles. The van der Waals surface area contributed by atoms with Crippen molar-refractivity contribution in [3.8, 4) is 5.88 Å². The smallest absolute Gasteiger partial charge is 0.306 e. The number of methoxy groups -OCH3 is 1. The molecule has 0 amide bonds. The lowest BCUT2D eigenvalue weighted by molar-refractivity contribution is -0.141. The minimum absolute atomic E-state index is 0.332. The molecule has 0 aliphatic rings. The van der Waals surface area contributed by atoms with E-state index in [2.05, 4.69) is 4.98 Å². The summed E-state index contributed by atoms with van der Waals surface area (Å²) in [7, 11) is 1.48. The summed E-state index contributed by atoms with van der Waals surface area (Å²) in [6.45, 7) is 1.64. The summed E-state index contributed by atoms with van der Waals surface area (Å²) in [5.74, 6) is -0.926. The molecule has 15 heavy (non-hydrogen) atoms. The Morgan fingerprint density at radius 2 is 2.33 bits per heavy atom. The molecule has 1 rings (SSSR count). The van der Waals surface area contributed by atoms with Crippen molar-refractivity contribution in [2.75, 3.05) is 7.11 Å². The number of aromatic nitrogens is 1. The number of hydrogen-bond acceptors (Lipinski definition) is 3. The molecule has 0 bridgehead atoms. The van der Waals surface area contributed by atoms with Gasteiger partial charge in [0.1, 0.15) is 5.15 Å². The maximum atomic E-state index is 10.7. The van der Waals surface area contributed by atoms with Crippen molar-refractivity contribution in [2.24, 2.45) is 5.92 Å². The van der Waals surface area contributed by atoms with Crippen molar-refractivity contribution < 1.29 is 14.6 Å². The van der Waals surface area contributed by atoms with Gasteiger partial charge in [0.2, 0.25) is 5.88 Å². The van der Waals surface area contributed by atoms with Crippen LogP contribution in [0.2, 0.25) is 5.15 Å². The van der Waals surface area contributed by atoms with Crippen LogP contribution >= 0.6 is 11.6 Å². The maximum absolute atomic E-state index is 10.7. The van der Waals surface area contributed by atoms with Crippen molar-refractivity contribution >= 4 is 17.6 Å². The van der Waals surface area contributed by atoms with Gasteiger partial charge in [-0.05, 0) is 12.5 Å². The molecule has 0 saturated heterocycles. The average molecular weight is 230 g/mol. The molecule has 4 nitrogen and oxygen atoms in total. The molecule has 5 heteroatoms. The Bertz CT molecular complexity index is 368. The van der Waals surface area contributed by atoms with Gasteiger partial charge in [-0.3, -0.25) is 4.79 Å². The number of carboxylic acids is 1. The fraction of sp³-hybridized carbons (Fsp3) is 0.400. The molecule has 1 atom stereocenters. The molecule has 0 spiro atoms. The highest BCUT2D eigenvalue weighted by Crippen LogP contribution is 2.21. The Labute approximate surface area is 92.8 Å². The summed E-state index contributed by atoms with van der Waals surface area (Å²) in [6, 6.07) is 3.35. The number of halogens is 1. The molecule has 0 radical (unpaired) electrons. The number of pyridine rings is 1. The molecule has 1 aromatic rings. The van der Waals surface area contributed by atoms with E-state index in [0.29, 0.717) is 17.5 Å². The van der Waals surface area contributed by atoms with Crippen LogP contribution in [-0.4, -0.2) is 23.2 Å². The first kappa shape index (κ1) is 11.8. The summed E-state index contributed by atoms with van der Waals surface area (Å²) in [5.41, 5.74) is 0.747. The van der Waals surface area contributed by atoms with E-state index < -0.39 is 11.9 Å². The lowest BCUT2D eigenvalue weighted by atomic mass is 10.0. The summed E-state index contributed by atoms with van der Waals surface area (Å²) < 4.78 is 5.02. The Kier molecular flexibility index (Phi) is 3.91. The van der Waals surface area contributed by atoms with E-state index in [4.69, 9.17) is 21.4 Å². The Hall–Kier alpha value is -1.29. The number of carboxylic acid groups (broad SMARTS) is 1. The minimum Gasteiger partial charge on any atom is -0.481 e. The number of nitrogens with zero attached hydrogens (tertiary/aromatic N) is 1. The van der Waals surface area contributed by atoms with Crippen LogP contribution in [0.5, 0.6) is 5.88 Å². The lowest BCUT2D eigenvalue weighted by Crippen LogP contribution is -2.13. The Morgan fingerprint density at radius 3 is 2.87 bits per heavy atom. The van der Waals surface area contributed by atoms with Crippen LogP contribution in [0, 0.1) is 5.92 Å². The van der Waals surface area contributed by atoms with Gasteiger partial charge in [-0.15, -0.1) is 0 Å². The molecule has 0 fully saturated rings. The maximum Gasteiger partial charge on any atom is 0.306 e. The van der Waals surface area contributed by atoms with Gasteiger partial charge < -0.3 is 9.84 Å². The zero-order chi connectivity index (χ0) is 11.4. The van der Waals surface area contributed by atoms with Crippen LogP contribution in [0.3, 0.4) is 0 Å². The highest BCUT2D eigenvalue weighted by Gasteiger charge is 2.15. The first-order chi connectivity index (χ1) is 7.04. The molecule has 0 aliphatic heterocycles. The second-order valence-electron chi connectivity index (χ2n) is 3.25. The third-order valence-corrected chi connectivity index (χ3v) is 2.26. The first-order valence-corrected chi connectivity index (χ1v) is 4.84. The van der Waals surface area contributed by atoms with Crippen LogP contribution in [0.1, 0.15) is 12.5 Å². The van der Waals surface area contributed by atoms with Gasteiger partial charge in [0.25, 0.3) is 0 Å². The van der Waals surface area contributed by atoms with Crippen LogP contribution in [0.15, 0.2) is 12.1 Å². The van der Waals surface area contributed by atoms with E-state index in [1.54, 1.807) is 19.1 Å². The second-order valence-corrected chi connectivity index (χ2v) is 3.63. The van der Waals surface area contributed by atoms with Crippen LogP contribution < -0.4 is 4.74 Å².